The smallest absolute Gasteiger partial charge is 0.328 e. The first-order valence-electron chi connectivity index (χ1n) is 10.8. The van der Waals surface area contributed by atoms with E-state index in [0.717, 1.165) is 33.9 Å². The summed E-state index contributed by atoms with van der Waals surface area (Å²) < 4.78 is 0. The molecule has 0 radical (unpaired) electrons. The number of nitrogens with one attached hydrogen (secondary N) is 2. The molecule has 1 atom stereocenters. The number of carbonyl (C=O) groups is 3. The van der Waals surface area contributed by atoms with Crippen LogP contribution in [0.1, 0.15) is 10.8 Å². The lowest BCUT2D eigenvalue weighted by Crippen LogP contribution is -2.19. The number of benzene rings is 3. The van der Waals surface area contributed by atoms with Gasteiger partial charge in [0.15, 0.2) is 5.13 Å². The van der Waals surface area contributed by atoms with Crippen LogP contribution in [-0.2, 0) is 14.4 Å². The molecule has 0 aliphatic carbocycles. The number of hydrogen-bond acceptors (Lipinski definition) is 6. The third kappa shape index (κ3) is 6.91. The number of aliphatic carboxylic acids is 1. The van der Waals surface area contributed by atoms with Crippen molar-refractivity contribution in [3.63, 3.8) is 0 Å². The van der Waals surface area contributed by atoms with E-state index < -0.39 is 17.1 Å². The molecule has 2 amide bonds. The molecule has 9 heteroatoms. The molecule has 4 rings (SSSR count). The Morgan fingerprint density at radius 1 is 0.889 bits per heavy atom. The zero-order valence-corrected chi connectivity index (χ0v) is 20.5. The molecule has 0 aliphatic rings. The van der Waals surface area contributed by atoms with Crippen LogP contribution in [0.2, 0.25) is 0 Å². The largest absolute Gasteiger partial charge is 0.478 e. The molecule has 3 N–H and O–H groups in total. The van der Waals surface area contributed by atoms with Crippen molar-refractivity contribution in [2.24, 2.45) is 0 Å². The Labute approximate surface area is 215 Å². The van der Waals surface area contributed by atoms with E-state index in [4.69, 9.17) is 5.11 Å². The maximum absolute atomic E-state index is 13.4. The second kappa shape index (κ2) is 12.0. The van der Waals surface area contributed by atoms with Crippen molar-refractivity contribution in [1.82, 2.24) is 4.98 Å². The molecular formula is C27H21N3O4S2. The summed E-state index contributed by atoms with van der Waals surface area (Å²) in [7, 11) is 0. The number of nitrogens with zero attached hydrogens (tertiary/aromatic N) is 1. The normalized spacial score (nSPS) is 11.7. The standard InChI is InChI=1S/C27H21N3O4S2/c31-23(14-15-24(32)33)28-20-12-7-13-21(16-20)36-25(19-10-5-2-6-11-19)26(34)30-27-29-22(17-35-27)18-8-3-1-4-9-18/h1-17,25H,(H,28,31)(H,32,33)(H,29,30,34)/b15-14+. The van der Waals surface area contributed by atoms with Crippen LogP contribution >= 0.6 is 23.1 Å². The first kappa shape index (κ1) is 24.9. The summed E-state index contributed by atoms with van der Waals surface area (Å²) in [5, 5.41) is 16.1. The molecule has 7 nitrogen and oxygen atoms in total. The van der Waals surface area contributed by atoms with Gasteiger partial charge in [0, 0.05) is 33.7 Å². The van der Waals surface area contributed by atoms with Crippen molar-refractivity contribution >= 4 is 51.7 Å². The fourth-order valence-electron chi connectivity index (χ4n) is 3.26. The van der Waals surface area contributed by atoms with E-state index in [0.29, 0.717) is 10.8 Å². The monoisotopic (exact) mass is 515 g/mol. The highest BCUT2D eigenvalue weighted by Crippen LogP contribution is 2.37. The van der Waals surface area contributed by atoms with Gasteiger partial charge in [-0.15, -0.1) is 23.1 Å². The van der Waals surface area contributed by atoms with Gasteiger partial charge in [0.1, 0.15) is 5.25 Å². The van der Waals surface area contributed by atoms with Gasteiger partial charge >= 0.3 is 5.97 Å². The van der Waals surface area contributed by atoms with Crippen LogP contribution in [0.5, 0.6) is 0 Å². The molecular weight excluding hydrogens is 494 g/mol. The second-order valence-corrected chi connectivity index (χ2v) is 9.53. The summed E-state index contributed by atoms with van der Waals surface area (Å²) in [5.41, 5.74) is 3.07. The quantitative estimate of drug-likeness (QED) is 0.190. The Morgan fingerprint density at radius 2 is 1.61 bits per heavy atom. The molecule has 1 heterocycles. The molecule has 0 saturated heterocycles. The molecule has 1 aromatic heterocycles. The first-order chi connectivity index (χ1) is 17.5. The molecule has 0 spiro atoms. The van der Waals surface area contributed by atoms with Gasteiger partial charge in [0.25, 0.3) is 0 Å². The van der Waals surface area contributed by atoms with Crippen molar-refractivity contribution in [3.8, 4) is 11.3 Å². The number of hydrogen-bond donors (Lipinski definition) is 3. The van der Waals surface area contributed by atoms with E-state index in [1.54, 1.807) is 18.2 Å². The lowest BCUT2D eigenvalue weighted by molar-refractivity contribution is -0.131. The summed E-state index contributed by atoms with van der Waals surface area (Å²) in [4.78, 5) is 41.3. The van der Waals surface area contributed by atoms with Crippen LogP contribution in [0.25, 0.3) is 11.3 Å². The molecule has 0 bridgehead atoms. The molecule has 0 saturated carbocycles. The minimum Gasteiger partial charge on any atom is -0.478 e. The van der Waals surface area contributed by atoms with E-state index in [1.165, 1.54) is 23.1 Å². The highest BCUT2D eigenvalue weighted by atomic mass is 32.2. The molecule has 36 heavy (non-hydrogen) atoms. The molecule has 0 aliphatic heterocycles. The van der Waals surface area contributed by atoms with Gasteiger partial charge in [-0.1, -0.05) is 66.7 Å². The Hall–Kier alpha value is -4.21. The van der Waals surface area contributed by atoms with Crippen LogP contribution in [0.15, 0.2) is 107 Å². The number of aromatic nitrogens is 1. The predicted octanol–water partition coefficient (Wildman–Crippen LogP) is 5.86. The third-order valence-corrected chi connectivity index (χ3v) is 6.88. The summed E-state index contributed by atoms with van der Waals surface area (Å²) in [6.45, 7) is 0. The SMILES string of the molecule is O=C(O)/C=C/C(=O)Nc1cccc(SC(C(=O)Nc2nc(-c3ccccc3)cs2)c2ccccc2)c1. The van der Waals surface area contributed by atoms with Crippen LogP contribution in [-0.4, -0.2) is 27.9 Å². The van der Waals surface area contributed by atoms with Crippen molar-refractivity contribution in [2.75, 3.05) is 10.6 Å². The predicted molar refractivity (Wildman–Crippen MR) is 143 cm³/mol. The minimum atomic E-state index is -1.21. The lowest BCUT2D eigenvalue weighted by atomic mass is 10.1. The van der Waals surface area contributed by atoms with Gasteiger partial charge in [-0.3, -0.25) is 9.59 Å². The maximum Gasteiger partial charge on any atom is 0.328 e. The highest BCUT2D eigenvalue weighted by Gasteiger charge is 2.23. The van der Waals surface area contributed by atoms with Crippen molar-refractivity contribution in [2.45, 2.75) is 10.1 Å². The van der Waals surface area contributed by atoms with E-state index in [1.807, 2.05) is 72.1 Å². The highest BCUT2D eigenvalue weighted by molar-refractivity contribution is 8.00. The summed E-state index contributed by atoms with van der Waals surface area (Å²) in [6, 6.07) is 26.2. The Morgan fingerprint density at radius 3 is 2.33 bits per heavy atom. The van der Waals surface area contributed by atoms with Gasteiger partial charge < -0.3 is 15.7 Å². The van der Waals surface area contributed by atoms with Crippen LogP contribution < -0.4 is 10.6 Å². The number of thioether (sulfide) groups is 1. The third-order valence-electron chi connectivity index (χ3n) is 4.88. The summed E-state index contributed by atoms with van der Waals surface area (Å²) in [5.74, 6) is -1.99. The first-order valence-corrected chi connectivity index (χ1v) is 12.6. The maximum atomic E-state index is 13.4. The topological polar surface area (TPSA) is 108 Å². The second-order valence-electron chi connectivity index (χ2n) is 7.49. The number of thiazole rings is 1. The van der Waals surface area contributed by atoms with Gasteiger partial charge in [-0.2, -0.15) is 0 Å². The summed E-state index contributed by atoms with van der Waals surface area (Å²) in [6.07, 6.45) is 1.71. The zero-order chi connectivity index (χ0) is 25.3. The fraction of sp³-hybridized carbons (Fsp3) is 0.0370. The van der Waals surface area contributed by atoms with Crippen LogP contribution in [0.3, 0.4) is 0 Å². The number of carboxylic acid groups (broad SMARTS) is 1. The summed E-state index contributed by atoms with van der Waals surface area (Å²) >= 11 is 2.69. The number of rotatable bonds is 9. The molecule has 3 aromatic carbocycles. The van der Waals surface area contributed by atoms with E-state index in [-0.39, 0.29) is 5.91 Å². The number of anilines is 2. The fourth-order valence-corrected chi connectivity index (χ4v) is 5.06. The zero-order valence-electron chi connectivity index (χ0n) is 18.8. The van der Waals surface area contributed by atoms with Crippen LogP contribution in [0.4, 0.5) is 10.8 Å². The van der Waals surface area contributed by atoms with Crippen molar-refractivity contribution < 1.29 is 19.5 Å². The van der Waals surface area contributed by atoms with E-state index in [9.17, 15) is 14.4 Å². The van der Waals surface area contributed by atoms with Crippen molar-refractivity contribution in [1.29, 1.82) is 0 Å². The average molecular weight is 516 g/mol. The minimum absolute atomic E-state index is 0.223. The van der Waals surface area contributed by atoms with Gasteiger partial charge in [0.05, 0.1) is 5.69 Å². The molecule has 180 valence electrons. The molecule has 1 unspecified atom stereocenters. The van der Waals surface area contributed by atoms with Gasteiger partial charge in [-0.05, 0) is 23.8 Å². The molecule has 0 fully saturated rings. The van der Waals surface area contributed by atoms with Crippen LogP contribution in [0, 0.1) is 0 Å². The van der Waals surface area contributed by atoms with Gasteiger partial charge in [0.2, 0.25) is 11.8 Å². The van der Waals surface area contributed by atoms with E-state index >= 15 is 0 Å². The average Bonchev–Trinajstić information content (AvgIpc) is 3.36. The van der Waals surface area contributed by atoms with Gasteiger partial charge in [-0.25, -0.2) is 9.78 Å². The Balaban J connectivity index is 1.52. The number of carbonyl (C=O) groups excluding carboxylic acids is 2. The number of amides is 2. The number of carboxylic acids is 1. The Bertz CT molecular complexity index is 1390. The van der Waals surface area contributed by atoms with Crippen molar-refractivity contribution in [3.05, 3.63) is 108 Å². The Kier molecular flexibility index (Phi) is 8.28. The van der Waals surface area contributed by atoms with E-state index in [2.05, 4.69) is 15.6 Å². The molecule has 4 aromatic rings. The lowest BCUT2D eigenvalue weighted by Gasteiger charge is -2.17.